The first-order valence-electron chi connectivity index (χ1n) is 13.4. The average Bonchev–Trinajstić information content (AvgIpc) is 3.39. The molecule has 0 bridgehead atoms. The zero-order valence-corrected chi connectivity index (χ0v) is 22.9. The van der Waals surface area contributed by atoms with Gasteiger partial charge in [0.25, 0.3) is 0 Å². The molecule has 3 aromatic carbocycles. The molecule has 2 heterocycles. The Hall–Kier alpha value is -3.91. The maximum absolute atomic E-state index is 12.4. The number of aldehydes is 2. The van der Waals surface area contributed by atoms with Crippen LogP contribution in [0.3, 0.4) is 0 Å². The number of hydrogen-bond acceptors (Lipinski definition) is 6. The van der Waals surface area contributed by atoms with Crippen LogP contribution in [0, 0.1) is 0 Å². The van der Waals surface area contributed by atoms with Crippen LogP contribution in [0.4, 0.5) is 11.4 Å². The number of piperazine rings is 1. The fourth-order valence-corrected chi connectivity index (χ4v) is 5.38. The first-order chi connectivity index (χ1) is 19.5. The minimum atomic E-state index is -0.853. The normalized spacial score (nSPS) is 14.3. The predicted octanol–water partition coefficient (Wildman–Crippen LogP) is 5.17. The Bertz CT molecular complexity index is 1460. The minimum absolute atomic E-state index is 0.325. The summed E-state index contributed by atoms with van der Waals surface area (Å²) in [7, 11) is 0. The van der Waals surface area contributed by atoms with Gasteiger partial charge in [0.05, 0.1) is 18.4 Å². The van der Waals surface area contributed by atoms with Crippen LogP contribution >= 0.6 is 11.6 Å². The average molecular weight is 558 g/mol. The fraction of sp³-hybridized carbons (Fsp3) is 0.250. The Morgan fingerprint density at radius 1 is 0.825 bits per heavy atom. The largest absolute Gasteiger partial charge is 0.394 e. The summed E-state index contributed by atoms with van der Waals surface area (Å²) in [5, 5.41) is 19.8. The lowest BCUT2D eigenvalue weighted by Gasteiger charge is -2.37. The highest BCUT2D eigenvalue weighted by Gasteiger charge is 2.22. The molecule has 1 aliphatic rings. The summed E-state index contributed by atoms with van der Waals surface area (Å²) in [4.78, 5) is 28.1. The predicted molar refractivity (Wildman–Crippen MR) is 160 cm³/mol. The number of carbonyl (C=O) groups excluding carboxylic acids is 2. The van der Waals surface area contributed by atoms with Gasteiger partial charge in [-0.05, 0) is 66.1 Å². The van der Waals surface area contributed by atoms with Crippen LogP contribution in [0.1, 0.15) is 27.3 Å². The molecule has 2 N–H and O–H groups in total. The van der Waals surface area contributed by atoms with Crippen molar-refractivity contribution in [3.8, 4) is 22.3 Å². The van der Waals surface area contributed by atoms with Crippen molar-refractivity contribution in [2.45, 2.75) is 19.1 Å². The Labute approximate surface area is 238 Å². The van der Waals surface area contributed by atoms with Crippen LogP contribution in [0.15, 0.2) is 79.0 Å². The summed E-state index contributed by atoms with van der Waals surface area (Å²) >= 11 is 6.15. The van der Waals surface area contributed by atoms with Crippen LogP contribution in [0.25, 0.3) is 22.3 Å². The summed E-state index contributed by atoms with van der Waals surface area (Å²) < 4.78 is 1.85. The summed E-state index contributed by atoms with van der Waals surface area (Å²) in [6, 6.07) is 23.5. The number of hydrogen-bond donors (Lipinski definition) is 2. The van der Waals surface area contributed by atoms with Crippen molar-refractivity contribution in [1.82, 2.24) is 4.57 Å². The lowest BCUT2D eigenvalue weighted by Crippen LogP contribution is -2.46. The van der Waals surface area contributed by atoms with Crippen molar-refractivity contribution in [3.05, 3.63) is 95.3 Å². The van der Waals surface area contributed by atoms with Crippen LogP contribution < -0.4 is 9.80 Å². The number of carbonyl (C=O) groups is 2. The molecule has 0 saturated carbocycles. The molecular weight excluding hydrogens is 526 g/mol. The molecule has 0 aliphatic carbocycles. The molecule has 8 heteroatoms. The molecule has 7 nitrogen and oxygen atoms in total. The molecule has 1 aliphatic heterocycles. The number of anilines is 2. The summed E-state index contributed by atoms with van der Waals surface area (Å²) in [5.41, 5.74) is 6.97. The van der Waals surface area contributed by atoms with Gasteiger partial charge < -0.3 is 24.6 Å². The molecule has 0 radical (unpaired) electrons. The monoisotopic (exact) mass is 557 g/mol. The van der Waals surface area contributed by atoms with Crippen molar-refractivity contribution >= 4 is 35.5 Å². The van der Waals surface area contributed by atoms with Crippen molar-refractivity contribution in [1.29, 1.82) is 0 Å². The number of aliphatic hydroxyl groups excluding tert-OH is 2. The standard InChI is InChI=1S/C32H32ClN3O4/c33-26-8-6-24(7-9-26)30-19-36(13-12-29(40)21-38)31(22-39)32(30)25-2-1-3-28(18-25)35-16-14-34(15-17-35)27-10-4-23(20-37)5-11-27/h1-11,18-20,22,29,38,40H,12-17,21H2/t29-/m0/s1. The Balaban J connectivity index is 1.44. The number of nitrogens with zero attached hydrogens (tertiary/aromatic N) is 3. The van der Waals surface area contributed by atoms with E-state index in [0.29, 0.717) is 29.2 Å². The van der Waals surface area contributed by atoms with Crippen LogP contribution in [-0.2, 0) is 6.54 Å². The summed E-state index contributed by atoms with van der Waals surface area (Å²) in [6.07, 6.45) is 3.13. The SMILES string of the molecule is O=Cc1ccc(N2CCN(c3cccc(-c4c(-c5ccc(Cl)cc5)cn(CC[C@H](O)CO)c4C=O)c3)CC2)cc1. The van der Waals surface area contributed by atoms with E-state index in [2.05, 4.69) is 21.9 Å². The number of halogens is 1. The van der Waals surface area contributed by atoms with Crippen LogP contribution in [-0.4, -0.2) is 66.2 Å². The highest BCUT2D eigenvalue weighted by atomic mass is 35.5. The number of aromatic nitrogens is 1. The first-order valence-corrected chi connectivity index (χ1v) is 13.8. The Morgan fingerprint density at radius 2 is 1.50 bits per heavy atom. The lowest BCUT2D eigenvalue weighted by molar-refractivity contribution is 0.0843. The number of rotatable bonds is 10. The zero-order valence-electron chi connectivity index (χ0n) is 22.1. The van der Waals surface area contributed by atoms with Crippen molar-refractivity contribution in [3.63, 3.8) is 0 Å². The molecule has 0 amide bonds. The van der Waals surface area contributed by atoms with E-state index in [-0.39, 0.29) is 6.61 Å². The summed E-state index contributed by atoms with van der Waals surface area (Å²) in [6.45, 7) is 3.44. The molecule has 5 rings (SSSR count). The Morgan fingerprint density at radius 3 is 2.12 bits per heavy atom. The second-order valence-corrected chi connectivity index (χ2v) is 10.4. The van der Waals surface area contributed by atoms with E-state index >= 15 is 0 Å². The maximum Gasteiger partial charge on any atom is 0.167 e. The second kappa shape index (κ2) is 12.5. The number of aryl methyl sites for hydroxylation is 1. The molecule has 40 heavy (non-hydrogen) atoms. The van der Waals surface area contributed by atoms with E-state index in [1.165, 1.54) is 0 Å². The molecule has 4 aromatic rings. The zero-order chi connectivity index (χ0) is 28.1. The van der Waals surface area contributed by atoms with Crippen LogP contribution in [0.2, 0.25) is 5.02 Å². The maximum atomic E-state index is 12.4. The number of benzene rings is 3. The van der Waals surface area contributed by atoms with E-state index in [4.69, 9.17) is 11.6 Å². The van der Waals surface area contributed by atoms with Crippen LogP contribution in [0.5, 0.6) is 0 Å². The van der Waals surface area contributed by atoms with Crippen molar-refractivity contribution < 1.29 is 19.8 Å². The molecule has 206 valence electrons. The van der Waals surface area contributed by atoms with Gasteiger partial charge in [0.2, 0.25) is 0 Å². The smallest absolute Gasteiger partial charge is 0.167 e. The van der Waals surface area contributed by atoms with Crippen molar-refractivity contribution in [2.24, 2.45) is 0 Å². The van der Waals surface area contributed by atoms with E-state index in [1.54, 1.807) is 0 Å². The third-order valence-electron chi connectivity index (χ3n) is 7.47. The Kier molecular flexibility index (Phi) is 8.65. The summed E-state index contributed by atoms with van der Waals surface area (Å²) in [5.74, 6) is 0. The molecule has 1 aromatic heterocycles. The topological polar surface area (TPSA) is 86.0 Å². The molecule has 1 fully saturated rings. The van der Waals surface area contributed by atoms with E-state index in [9.17, 15) is 19.8 Å². The van der Waals surface area contributed by atoms with Gasteiger partial charge in [0.1, 0.15) is 6.29 Å². The fourth-order valence-electron chi connectivity index (χ4n) is 5.26. The minimum Gasteiger partial charge on any atom is -0.394 e. The first kappa shape index (κ1) is 27.6. The van der Waals surface area contributed by atoms with Crippen molar-refractivity contribution in [2.75, 3.05) is 42.6 Å². The highest BCUT2D eigenvalue weighted by molar-refractivity contribution is 6.30. The van der Waals surface area contributed by atoms with Gasteiger partial charge in [0.15, 0.2) is 6.29 Å². The lowest BCUT2D eigenvalue weighted by atomic mass is 9.96. The van der Waals surface area contributed by atoms with Gasteiger partial charge in [-0.25, -0.2) is 0 Å². The molecule has 0 unspecified atom stereocenters. The van der Waals surface area contributed by atoms with E-state index < -0.39 is 6.10 Å². The molecule has 1 saturated heterocycles. The third kappa shape index (κ3) is 5.97. The molecule has 1 atom stereocenters. The molecule has 0 spiro atoms. The second-order valence-electron chi connectivity index (χ2n) is 9.98. The third-order valence-corrected chi connectivity index (χ3v) is 7.73. The van der Waals surface area contributed by atoms with E-state index in [1.807, 2.05) is 71.4 Å². The quantitative estimate of drug-likeness (QED) is 0.262. The van der Waals surface area contributed by atoms with Gasteiger partial charge in [-0.3, -0.25) is 9.59 Å². The number of aliphatic hydroxyl groups is 2. The van der Waals surface area contributed by atoms with Gasteiger partial charge >= 0.3 is 0 Å². The van der Waals surface area contributed by atoms with Gasteiger partial charge in [-0.2, -0.15) is 0 Å². The van der Waals surface area contributed by atoms with Gasteiger partial charge in [-0.15, -0.1) is 0 Å². The van der Waals surface area contributed by atoms with Gasteiger partial charge in [-0.1, -0.05) is 35.9 Å². The highest BCUT2D eigenvalue weighted by Crippen LogP contribution is 2.38. The van der Waals surface area contributed by atoms with E-state index in [0.717, 1.165) is 72.4 Å². The molecular formula is C32H32ClN3O4. The van der Waals surface area contributed by atoms with Gasteiger partial charge in [0, 0.05) is 72.0 Å².